The second kappa shape index (κ2) is 8.73. The van der Waals surface area contributed by atoms with Crippen LogP contribution in [0.4, 0.5) is 0 Å². The average Bonchev–Trinajstić information content (AvgIpc) is 2.94. The summed E-state index contributed by atoms with van der Waals surface area (Å²) in [6, 6.07) is 25.9. The summed E-state index contributed by atoms with van der Waals surface area (Å²) in [5.41, 5.74) is 5.57. The number of hydrogen-bond acceptors (Lipinski definition) is 3. The molecule has 0 aromatic heterocycles. The lowest BCUT2D eigenvalue weighted by molar-refractivity contribution is -0.119. The van der Waals surface area contributed by atoms with Gasteiger partial charge in [0.15, 0.2) is 5.78 Å². The molecule has 2 unspecified atom stereocenters. The van der Waals surface area contributed by atoms with Crippen LogP contribution in [0.15, 0.2) is 78.9 Å². The van der Waals surface area contributed by atoms with Crippen molar-refractivity contribution in [1.82, 2.24) is 5.32 Å². The fourth-order valence-electron chi connectivity index (χ4n) is 4.28. The van der Waals surface area contributed by atoms with Gasteiger partial charge in [-0.15, -0.1) is 0 Å². The van der Waals surface area contributed by atoms with Gasteiger partial charge in [0, 0.05) is 6.04 Å². The number of aryl methyl sites for hydroxylation is 2. The fourth-order valence-corrected chi connectivity index (χ4v) is 4.28. The molecular weight excluding hydrogens is 358 g/mol. The number of carbonyl (C=O) groups excluding carboxylic acids is 1. The zero-order valence-corrected chi connectivity index (χ0v) is 16.7. The molecule has 148 valence electrons. The highest BCUT2D eigenvalue weighted by molar-refractivity contribution is 5.91. The first kappa shape index (κ1) is 19.6. The van der Waals surface area contributed by atoms with Gasteiger partial charge in [0.25, 0.3) is 0 Å². The fraction of sp³-hybridized carbons (Fsp3) is 0.269. The maximum Gasteiger partial charge on any atom is 0.158 e. The predicted molar refractivity (Wildman–Crippen MR) is 116 cm³/mol. The Balaban J connectivity index is 1.55. The number of benzene rings is 3. The number of carbonyl (C=O) groups is 1. The highest BCUT2D eigenvalue weighted by Crippen LogP contribution is 2.34. The molecule has 0 amide bonds. The highest BCUT2D eigenvalue weighted by atomic mass is 16.3. The van der Waals surface area contributed by atoms with Gasteiger partial charge in [-0.05, 0) is 47.6 Å². The second-order valence-corrected chi connectivity index (χ2v) is 7.82. The number of ketones is 1. The number of hydrogen-bond donors (Lipinski definition) is 2. The first-order valence-corrected chi connectivity index (χ1v) is 10.3. The highest BCUT2D eigenvalue weighted by Gasteiger charge is 2.29. The van der Waals surface area contributed by atoms with Gasteiger partial charge in [-0.3, -0.25) is 4.79 Å². The zero-order chi connectivity index (χ0) is 20.2. The standard InChI is InChI=1S/C26H27NO2/c1-18(26(29)21-11-3-2-4-12-21)27-17-24(28)25-22-13-7-5-9-19(22)15-16-20-10-6-8-14-23(20)25/h2-14,18,25-27,29H,15-17H2,1H3. The summed E-state index contributed by atoms with van der Waals surface area (Å²) in [5.74, 6) is -0.127. The van der Waals surface area contributed by atoms with Crippen LogP contribution in [0.25, 0.3) is 0 Å². The van der Waals surface area contributed by atoms with Gasteiger partial charge in [-0.1, -0.05) is 78.9 Å². The molecule has 2 atom stereocenters. The molecule has 2 N–H and O–H groups in total. The second-order valence-electron chi connectivity index (χ2n) is 7.82. The van der Waals surface area contributed by atoms with Gasteiger partial charge in [0.2, 0.25) is 0 Å². The lowest BCUT2D eigenvalue weighted by atomic mass is 9.84. The van der Waals surface area contributed by atoms with Crippen molar-refractivity contribution < 1.29 is 9.90 Å². The van der Waals surface area contributed by atoms with Crippen LogP contribution in [0.2, 0.25) is 0 Å². The van der Waals surface area contributed by atoms with Crippen LogP contribution in [0.1, 0.15) is 46.8 Å². The van der Waals surface area contributed by atoms with E-state index < -0.39 is 6.10 Å². The van der Waals surface area contributed by atoms with Crippen molar-refractivity contribution in [3.8, 4) is 0 Å². The van der Waals surface area contributed by atoms with Crippen LogP contribution in [-0.4, -0.2) is 23.5 Å². The Kier molecular flexibility index (Phi) is 5.89. The van der Waals surface area contributed by atoms with E-state index in [0.29, 0.717) is 0 Å². The zero-order valence-electron chi connectivity index (χ0n) is 16.7. The van der Waals surface area contributed by atoms with Crippen molar-refractivity contribution in [3.05, 3.63) is 107 Å². The van der Waals surface area contributed by atoms with E-state index in [4.69, 9.17) is 0 Å². The van der Waals surface area contributed by atoms with Gasteiger partial charge in [0.05, 0.1) is 18.6 Å². The number of aliphatic hydroxyl groups excluding tert-OH is 1. The van der Waals surface area contributed by atoms with Crippen LogP contribution >= 0.6 is 0 Å². The molecule has 3 nitrogen and oxygen atoms in total. The summed E-state index contributed by atoms with van der Waals surface area (Å²) >= 11 is 0. The van der Waals surface area contributed by atoms with E-state index >= 15 is 0 Å². The molecule has 3 heteroatoms. The SMILES string of the molecule is CC(NCC(=O)C1c2ccccc2CCc2ccccc21)C(O)c1ccccc1. The van der Waals surface area contributed by atoms with E-state index in [1.165, 1.54) is 11.1 Å². The van der Waals surface area contributed by atoms with Crippen molar-refractivity contribution in [2.75, 3.05) is 6.54 Å². The van der Waals surface area contributed by atoms with Crippen molar-refractivity contribution in [1.29, 1.82) is 0 Å². The lowest BCUT2D eigenvalue weighted by Crippen LogP contribution is -2.37. The van der Waals surface area contributed by atoms with Gasteiger partial charge in [-0.25, -0.2) is 0 Å². The molecule has 0 spiro atoms. The Morgan fingerprint density at radius 1 is 0.897 bits per heavy atom. The van der Waals surface area contributed by atoms with E-state index in [9.17, 15) is 9.90 Å². The van der Waals surface area contributed by atoms with Crippen LogP contribution < -0.4 is 5.32 Å². The maximum absolute atomic E-state index is 13.4. The molecule has 1 aliphatic rings. The molecule has 0 heterocycles. The Morgan fingerprint density at radius 3 is 2.00 bits per heavy atom. The van der Waals surface area contributed by atoms with Crippen molar-refractivity contribution in [3.63, 3.8) is 0 Å². The molecule has 0 fully saturated rings. The van der Waals surface area contributed by atoms with Crippen LogP contribution in [0, 0.1) is 0 Å². The van der Waals surface area contributed by atoms with Gasteiger partial charge >= 0.3 is 0 Å². The minimum Gasteiger partial charge on any atom is -0.387 e. The van der Waals surface area contributed by atoms with Gasteiger partial charge in [-0.2, -0.15) is 0 Å². The van der Waals surface area contributed by atoms with E-state index in [-0.39, 0.29) is 24.3 Å². The first-order chi connectivity index (χ1) is 14.1. The monoisotopic (exact) mass is 385 g/mol. The Labute approximate surface area is 172 Å². The molecule has 29 heavy (non-hydrogen) atoms. The summed E-state index contributed by atoms with van der Waals surface area (Å²) in [5, 5.41) is 13.9. The maximum atomic E-state index is 13.4. The number of aliphatic hydroxyl groups is 1. The van der Waals surface area contributed by atoms with Crippen LogP contribution in [0.5, 0.6) is 0 Å². The number of rotatable bonds is 6. The van der Waals surface area contributed by atoms with E-state index in [0.717, 1.165) is 29.5 Å². The van der Waals surface area contributed by atoms with Crippen molar-refractivity contribution in [2.45, 2.75) is 37.8 Å². The van der Waals surface area contributed by atoms with Gasteiger partial charge in [0.1, 0.15) is 0 Å². The summed E-state index contributed by atoms with van der Waals surface area (Å²) < 4.78 is 0. The molecule has 0 saturated heterocycles. The quantitative estimate of drug-likeness (QED) is 0.669. The summed E-state index contributed by atoms with van der Waals surface area (Å²) in [7, 11) is 0. The summed E-state index contributed by atoms with van der Waals surface area (Å²) in [4.78, 5) is 13.4. The number of nitrogens with one attached hydrogen (secondary N) is 1. The largest absolute Gasteiger partial charge is 0.387 e. The van der Waals surface area contributed by atoms with Crippen LogP contribution in [-0.2, 0) is 17.6 Å². The molecule has 0 bridgehead atoms. The van der Waals surface area contributed by atoms with Crippen molar-refractivity contribution >= 4 is 5.78 Å². The first-order valence-electron chi connectivity index (χ1n) is 10.3. The summed E-state index contributed by atoms with van der Waals surface area (Å²) in [6.45, 7) is 2.14. The molecule has 3 aromatic carbocycles. The Hall–Kier alpha value is -2.75. The van der Waals surface area contributed by atoms with Crippen molar-refractivity contribution in [2.24, 2.45) is 0 Å². The third-order valence-corrected chi connectivity index (χ3v) is 5.93. The van der Waals surface area contributed by atoms with E-state index in [1.807, 2.05) is 61.5 Å². The molecule has 0 radical (unpaired) electrons. The summed E-state index contributed by atoms with van der Waals surface area (Å²) in [6.07, 6.45) is 1.25. The van der Waals surface area contributed by atoms with E-state index in [2.05, 4.69) is 29.6 Å². The Bertz CT molecular complexity index is 935. The lowest BCUT2D eigenvalue weighted by Gasteiger charge is -2.23. The minimum absolute atomic E-state index is 0.138. The van der Waals surface area contributed by atoms with E-state index in [1.54, 1.807) is 0 Å². The topological polar surface area (TPSA) is 49.3 Å². The minimum atomic E-state index is -0.655. The third-order valence-electron chi connectivity index (χ3n) is 5.93. The third kappa shape index (κ3) is 4.16. The molecule has 4 rings (SSSR count). The number of fused-ring (bicyclic) bond motifs is 2. The average molecular weight is 386 g/mol. The van der Waals surface area contributed by atoms with Crippen LogP contribution in [0.3, 0.4) is 0 Å². The normalized spacial score (nSPS) is 15.7. The molecule has 1 aliphatic carbocycles. The molecule has 3 aromatic rings. The Morgan fingerprint density at radius 2 is 1.41 bits per heavy atom. The molecule has 0 saturated carbocycles. The molecular formula is C26H27NO2. The smallest absolute Gasteiger partial charge is 0.158 e. The number of Topliss-reactive ketones (excluding diaryl/α,β-unsaturated/α-hetero) is 1. The predicted octanol–water partition coefficient (Wildman–Crippen LogP) is 4.20. The van der Waals surface area contributed by atoms with Gasteiger partial charge < -0.3 is 10.4 Å². The molecule has 0 aliphatic heterocycles.